The lowest BCUT2D eigenvalue weighted by molar-refractivity contribution is -0.137. The summed E-state index contributed by atoms with van der Waals surface area (Å²) in [5.41, 5.74) is -0.404. The monoisotopic (exact) mass is 538 g/mol. The Bertz CT molecular complexity index is 1270. The van der Waals surface area contributed by atoms with E-state index < -0.39 is 39.2 Å². The van der Waals surface area contributed by atoms with Crippen LogP contribution >= 0.6 is 11.6 Å². The molecule has 192 valence electrons. The van der Waals surface area contributed by atoms with Crippen LogP contribution in [0.3, 0.4) is 0 Å². The smallest absolute Gasteiger partial charge is 0.354 e. The molecule has 0 saturated heterocycles. The summed E-state index contributed by atoms with van der Waals surface area (Å²) in [4.78, 5) is 12.7. The molecular weight excluding hydrogens is 513 g/mol. The van der Waals surface area contributed by atoms with E-state index in [4.69, 9.17) is 11.6 Å². The van der Waals surface area contributed by atoms with Crippen molar-refractivity contribution >= 4 is 33.2 Å². The van der Waals surface area contributed by atoms with Crippen molar-refractivity contribution in [3.05, 3.63) is 95.0 Å². The van der Waals surface area contributed by atoms with Gasteiger partial charge in [0.05, 0.1) is 21.2 Å². The Kier molecular flexibility index (Phi) is 9.03. The van der Waals surface area contributed by atoms with Crippen molar-refractivity contribution in [1.29, 1.82) is 0 Å². The van der Waals surface area contributed by atoms with E-state index in [1.54, 1.807) is 6.07 Å². The van der Waals surface area contributed by atoms with Gasteiger partial charge in [0, 0.05) is 6.54 Å². The van der Waals surface area contributed by atoms with Crippen LogP contribution < -0.4 is 9.62 Å². The zero-order valence-electron chi connectivity index (χ0n) is 19.5. The molecule has 0 bridgehead atoms. The number of sulfonamides is 1. The van der Waals surface area contributed by atoms with Crippen LogP contribution in [0.1, 0.15) is 24.5 Å². The fourth-order valence-corrected chi connectivity index (χ4v) is 5.33. The molecule has 10 heteroatoms. The van der Waals surface area contributed by atoms with Gasteiger partial charge < -0.3 is 5.32 Å². The van der Waals surface area contributed by atoms with Crippen LogP contribution in [-0.4, -0.2) is 27.4 Å². The predicted octanol–water partition coefficient (Wildman–Crippen LogP) is 5.94. The van der Waals surface area contributed by atoms with Crippen LogP contribution in [0, 0.1) is 5.92 Å². The number of hydrogen-bond acceptors (Lipinski definition) is 3. The summed E-state index contributed by atoms with van der Waals surface area (Å²) in [7, 11) is -4.35. The van der Waals surface area contributed by atoms with E-state index in [9.17, 15) is 26.4 Å². The van der Waals surface area contributed by atoms with Crippen molar-refractivity contribution in [2.45, 2.75) is 30.8 Å². The standard InChI is InChI=1S/C26H26ClF3N2O3S/c1-2-19(15-20-9-5-3-6-10-20)17-31-25(33)18-32(36(34,35)22-11-7-4-8-12-22)21-13-14-24(27)23(16-21)26(28,29)30/h3-14,16,19H,2,15,17-18H2,1H3,(H,31,33). The molecule has 0 radical (unpaired) electrons. The molecule has 0 fully saturated rings. The van der Waals surface area contributed by atoms with Crippen LogP contribution in [0.4, 0.5) is 18.9 Å². The van der Waals surface area contributed by atoms with E-state index in [2.05, 4.69) is 5.32 Å². The van der Waals surface area contributed by atoms with Gasteiger partial charge in [-0.25, -0.2) is 8.42 Å². The first-order valence-corrected chi connectivity index (χ1v) is 13.1. The first-order valence-electron chi connectivity index (χ1n) is 11.3. The summed E-state index contributed by atoms with van der Waals surface area (Å²) >= 11 is 5.72. The predicted molar refractivity (Wildman–Crippen MR) is 134 cm³/mol. The van der Waals surface area contributed by atoms with Crippen molar-refractivity contribution in [2.24, 2.45) is 5.92 Å². The van der Waals surface area contributed by atoms with E-state index in [1.807, 2.05) is 37.3 Å². The molecule has 0 aromatic heterocycles. The highest BCUT2D eigenvalue weighted by Crippen LogP contribution is 2.38. The lowest BCUT2D eigenvalue weighted by Gasteiger charge is -2.25. The number of anilines is 1. The van der Waals surface area contributed by atoms with Crippen molar-refractivity contribution in [2.75, 3.05) is 17.4 Å². The molecular formula is C26H26ClF3N2O3S. The molecule has 0 aliphatic heterocycles. The van der Waals surface area contributed by atoms with Gasteiger partial charge in [0.1, 0.15) is 6.54 Å². The Balaban J connectivity index is 1.86. The lowest BCUT2D eigenvalue weighted by atomic mass is 9.97. The molecule has 0 aliphatic rings. The van der Waals surface area contributed by atoms with E-state index in [0.29, 0.717) is 10.4 Å². The molecule has 3 aromatic rings. The molecule has 3 rings (SSSR count). The average molecular weight is 539 g/mol. The third-order valence-electron chi connectivity index (χ3n) is 5.69. The van der Waals surface area contributed by atoms with Gasteiger partial charge in [-0.1, -0.05) is 73.5 Å². The molecule has 0 heterocycles. The van der Waals surface area contributed by atoms with Gasteiger partial charge in [-0.3, -0.25) is 9.10 Å². The minimum Gasteiger partial charge on any atom is -0.354 e. The molecule has 1 atom stereocenters. The maximum Gasteiger partial charge on any atom is 0.417 e. The minimum absolute atomic E-state index is 0.0999. The number of carbonyl (C=O) groups is 1. The first-order chi connectivity index (χ1) is 17.0. The van der Waals surface area contributed by atoms with Crippen molar-refractivity contribution in [3.63, 3.8) is 0 Å². The summed E-state index contributed by atoms with van der Waals surface area (Å²) in [5, 5.41) is 2.17. The van der Waals surface area contributed by atoms with Gasteiger partial charge >= 0.3 is 6.18 Å². The number of nitrogens with zero attached hydrogens (tertiary/aromatic N) is 1. The van der Waals surface area contributed by atoms with E-state index in [1.165, 1.54) is 24.3 Å². The van der Waals surface area contributed by atoms with Gasteiger partial charge in [0.15, 0.2) is 0 Å². The fraction of sp³-hybridized carbons (Fsp3) is 0.269. The number of carbonyl (C=O) groups excluding carboxylic acids is 1. The number of amides is 1. The summed E-state index contributed by atoms with van der Waals surface area (Å²) in [6.45, 7) is 1.58. The van der Waals surface area contributed by atoms with Gasteiger partial charge in [-0.15, -0.1) is 0 Å². The molecule has 5 nitrogen and oxygen atoms in total. The van der Waals surface area contributed by atoms with Crippen molar-refractivity contribution < 1.29 is 26.4 Å². The maximum atomic E-state index is 13.5. The molecule has 1 unspecified atom stereocenters. The Morgan fingerprint density at radius 3 is 2.19 bits per heavy atom. The molecule has 1 N–H and O–H groups in total. The summed E-state index contributed by atoms with van der Waals surface area (Å²) in [5.74, 6) is -0.535. The molecule has 1 amide bonds. The van der Waals surface area contributed by atoms with Crippen LogP contribution in [0.2, 0.25) is 5.02 Å². The summed E-state index contributed by atoms with van der Waals surface area (Å²) < 4.78 is 67.8. The third kappa shape index (κ3) is 7.01. The second-order valence-corrected chi connectivity index (χ2v) is 10.5. The zero-order chi connectivity index (χ0) is 26.3. The minimum atomic E-state index is -4.80. The number of rotatable bonds is 10. The Morgan fingerprint density at radius 2 is 1.61 bits per heavy atom. The Labute approximate surface area is 213 Å². The maximum absolute atomic E-state index is 13.5. The topological polar surface area (TPSA) is 66.5 Å². The second kappa shape index (κ2) is 11.8. The number of hydrogen-bond donors (Lipinski definition) is 1. The first kappa shape index (κ1) is 27.5. The zero-order valence-corrected chi connectivity index (χ0v) is 21.1. The van der Waals surface area contributed by atoms with Crippen LogP contribution in [0.5, 0.6) is 0 Å². The second-order valence-electron chi connectivity index (χ2n) is 8.25. The summed E-state index contributed by atoms with van der Waals surface area (Å²) in [6, 6.07) is 19.7. The quantitative estimate of drug-likeness (QED) is 0.347. The highest BCUT2D eigenvalue weighted by Gasteiger charge is 2.35. The Morgan fingerprint density at radius 1 is 1.00 bits per heavy atom. The van der Waals surface area contributed by atoms with Crippen LogP contribution in [0.25, 0.3) is 0 Å². The molecule has 0 spiro atoms. The molecule has 0 aliphatic carbocycles. The normalized spacial score (nSPS) is 12.7. The van der Waals surface area contributed by atoms with E-state index >= 15 is 0 Å². The lowest BCUT2D eigenvalue weighted by Crippen LogP contribution is -2.42. The average Bonchev–Trinajstić information content (AvgIpc) is 2.86. The van der Waals surface area contributed by atoms with Gasteiger partial charge in [0.2, 0.25) is 5.91 Å². The van der Waals surface area contributed by atoms with Crippen molar-refractivity contribution in [1.82, 2.24) is 5.32 Å². The van der Waals surface area contributed by atoms with Crippen molar-refractivity contribution in [3.8, 4) is 0 Å². The number of nitrogens with one attached hydrogen (secondary N) is 1. The highest BCUT2D eigenvalue weighted by molar-refractivity contribution is 7.92. The molecule has 0 saturated carbocycles. The van der Waals surface area contributed by atoms with Gasteiger partial charge in [0.25, 0.3) is 10.0 Å². The number of benzene rings is 3. The van der Waals surface area contributed by atoms with E-state index in [-0.39, 0.29) is 23.0 Å². The fourth-order valence-electron chi connectivity index (χ4n) is 3.67. The number of halogens is 4. The molecule has 3 aromatic carbocycles. The van der Waals surface area contributed by atoms with Crippen LogP contribution in [-0.2, 0) is 27.4 Å². The Hall–Kier alpha value is -3.04. The largest absolute Gasteiger partial charge is 0.417 e. The number of alkyl halides is 3. The van der Waals surface area contributed by atoms with Gasteiger partial charge in [-0.2, -0.15) is 13.2 Å². The summed E-state index contributed by atoms with van der Waals surface area (Å²) in [6.07, 6.45) is -3.31. The van der Waals surface area contributed by atoms with Gasteiger partial charge in [-0.05, 0) is 48.2 Å². The SMILES string of the molecule is CCC(CNC(=O)CN(c1ccc(Cl)c(C(F)(F)F)c1)S(=O)(=O)c1ccccc1)Cc1ccccc1. The van der Waals surface area contributed by atoms with E-state index in [0.717, 1.165) is 30.5 Å². The van der Waals surface area contributed by atoms with Crippen LogP contribution in [0.15, 0.2) is 83.8 Å². The third-order valence-corrected chi connectivity index (χ3v) is 7.81. The molecule has 36 heavy (non-hydrogen) atoms. The highest BCUT2D eigenvalue weighted by atomic mass is 35.5.